The maximum Gasteiger partial charge on any atom is 0.306 e. The molecule has 8 heteroatoms. The number of hydrogen-bond donors (Lipinski definition) is 2. The van der Waals surface area contributed by atoms with Crippen LogP contribution in [0.2, 0.25) is 0 Å². The quantitative estimate of drug-likeness (QED) is 0.496. The van der Waals surface area contributed by atoms with E-state index in [0.29, 0.717) is 18.6 Å². The molecule has 0 fully saturated rings. The molecule has 0 saturated carbocycles. The molecule has 25 heavy (non-hydrogen) atoms. The summed E-state index contributed by atoms with van der Waals surface area (Å²) in [5.74, 6) is 1.09. The third-order valence-electron chi connectivity index (χ3n) is 4.08. The molecule has 0 aliphatic heterocycles. The molecule has 132 valence electrons. The number of H-pyrrole nitrogens is 1. The molecule has 7 nitrogen and oxygen atoms in total. The summed E-state index contributed by atoms with van der Waals surface area (Å²) >= 11 is 1.47. The van der Waals surface area contributed by atoms with Gasteiger partial charge in [0.15, 0.2) is 11.0 Å². The number of para-hydroxylation sites is 1. The maximum atomic E-state index is 11.2. The van der Waals surface area contributed by atoms with E-state index in [1.165, 1.54) is 24.3 Å². The molecule has 2 aromatic heterocycles. The minimum absolute atomic E-state index is 0.231. The van der Waals surface area contributed by atoms with Crippen molar-refractivity contribution < 1.29 is 9.53 Å². The number of aromatic amines is 1. The number of nitrogens with zero attached hydrogens (tertiary/aromatic N) is 3. The summed E-state index contributed by atoms with van der Waals surface area (Å²) in [6.07, 6.45) is 3.00. The van der Waals surface area contributed by atoms with Gasteiger partial charge in [0.2, 0.25) is 0 Å². The van der Waals surface area contributed by atoms with Gasteiger partial charge in [0.25, 0.3) is 0 Å². The van der Waals surface area contributed by atoms with Crippen LogP contribution in [-0.2, 0) is 23.0 Å². The van der Waals surface area contributed by atoms with E-state index in [4.69, 9.17) is 5.73 Å². The lowest BCUT2D eigenvalue weighted by atomic mass is 10.1. The van der Waals surface area contributed by atoms with Gasteiger partial charge < -0.3 is 20.0 Å². The Kier molecular flexibility index (Phi) is 5.40. The largest absolute Gasteiger partial charge is 0.469 e. The SMILES string of the molecule is COC(=O)CCSc1nnc(C(N)Cc2c[nH]c3ccccc23)n1C. The molecule has 3 aromatic rings. The van der Waals surface area contributed by atoms with Crippen molar-refractivity contribution in [1.82, 2.24) is 19.7 Å². The van der Waals surface area contributed by atoms with Crippen LogP contribution in [0, 0.1) is 0 Å². The first-order valence-corrected chi connectivity index (χ1v) is 8.98. The zero-order valence-electron chi connectivity index (χ0n) is 14.2. The van der Waals surface area contributed by atoms with Gasteiger partial charge >= 0.3 is 5.97 Å². The Morgan fingerprint density at radius 3 is 3.00 bits per heavy atom. The number of carbonyl (C=O) groups is 1. The van der Waals surface area contributed by atoms with Crippen LogP contribution in [0.1, 0.15) is 23.9 Å². The van der Waals surface area contributed by atoms with Crippen molar-refractivity contribution in [1.29, 1.82) is 0 Å². The van der Waals surface area contributed by atoms with E-state index in [2.05, 4.69) is 26.0 Å². The molecule has 1 unspecified atom stereocenters. The number of methoxy groups -OCH3 is 1. The lowest BCUT2D eigenvalue weighted by Gasteiger charge is -2.11. The predicted octanol–water partition coefficient (Wildman–Crippen LogP) is 2.19. The second-order valence-electron chi connectivity index (χ2n) is 5.74. The fourth-order valence-electron chi connectivity index (χ4n) is 2.73. The summed E-state index contributed by atoms with van der Waals surface area (Å²) in [7, 11) is 3.28. The highest BCUT2D eigenvalue weighted by molar-refractivity contribution is 7.99. The van der Waals surface area contributed by atoms with Crippen LogP contribution >= 0.6 is 11.8 Å². The van der Waals surface area contributed by atoms with Gasteiger partial charge in [0.1, 0.15) is 0 Å². The summed E-state index contributed by atoms with van der Waals surface area (Å²) in [5, 5.41) is 10.3. The predicted molar refractivity (Wildman–Crippen MR) is 97.3 cm³/mol. The highest BCUT2D eigenvalue weighted by Crippen LogP contribution is 2.24. The first kappa shape index (κ1) is 17.5. The van der Waals surface area contributed by atoms with Crippen LogP contribution in [0.25, 0.3) is 10.9 Å². The Hall–Kier alpha value is -2.32. The monoisotopic (exact) mass is 359 g/mol. The smallest absolute Gasteiger partial charge is 0.306 e. The Labute approximate surface area is 149 Å². The van der Waals surface area contributed by atoms with Crippen LogP contribution in [0.15, 0.2) is 35.6 Å². The van der Waals surface area contributed by atoms with Crippen LogP contribution in [0.4, 0.5) is 0 Å². The lowest BCUT2D eigenvalue weighted by molar-refractivity contribution is -0.140. The van der Waals surface area contributed by atoms with E-state index < -0.39 is 0 Å². The molecular formula is C17H21N5O2S. The number of nitrogens with one attached hydrogen (secondary N) is 1. The zero-order valence-corrected chi connectivity index (χ0v) is 15.0. The van der Waals surface area contributed by atoms with Crippen molar-refractivity contribution in [2.75, 3.05) is 12.9 Å². The van der Waals surface area contributed by atoms with Crippen molar-refractivity contribution in [2.24, 2.45) is 12.8 Å². The molecule has 3 rings (SSSR count). The van der Waals surface area contributed by atoms with Gasteiger partial charge in [-0.3, -0.25) is 4.79 Å². The standard InChI is InChI=1S/C17H21N5O2S/c1-22-16(20-21-17(22)25-8-7-15(23)24-2)13(18)9-11-10-19-14-6-4-3-5-12(11)14/h3-6,10,13,19H,7-9,18H2,1-2H3. The molecule has 2 heterocycles. The highest BCUT2D eigenvalue weighted by atomic mass is 32.2. The summed E-state index contributed by atoms with van der Waals surface area (Å²) in [6.45, 7) is 0. The summed E-state index contributed by atoms with van der Waals surface area (Å²) in [5.41, 5.74) is 8.63. The lowest BCUT2D eigenvalue weighted by Crippen LogP contribution is -2.18. The van der Waals surface area contributed by atoms with Gasteiger partial charge in [0.05, 0.1) is 19.6 Å². The molecule has 0 amide bonds. The Bertz CT molecular complexity index is 873. The number of rotatable bonds is 7. The van der Waals surface area contributed by atoms with Crippen LogP contribution in [0.5, 0.6) is 0 Å². The van der Waals surface area contributed by atoms with Gasteiger partial charge in [0, 0.05) is 29.9 Å². The minimum Gasteiger partial charge on any atom is -0.469 e. The van der Waals surface area contributed by atoms with E-state index in [1.54, 1.807) is 0 Å². The van der Waals surface area contributed by atoms with Crippen molar-refractivity contribution in [2.45, 2.75) is 24.0 Å². The molecule has 0 saturated heterocycles. The Balaban J connectivity index is 1.68. The number of nitrogens with two attached hydrogens (primary N) is 1. The van der Waals surface area contributed by atoms with E-state index in [0.717, 1.165) is 22.1 Å². The third-order valence-corrected chi connectivity index (χ3v) is 5.10. The number of thioether (sulfide) groups is 1. The summed E-state index contributed by atoms with van der Waals surface area (Å²) < 4.78 is 6.53. The van der Waals surface area contributed by atoms with Crippen LogP contribution in [0.3, 0.4) is 0 Å². The zero-order chi connectivity index (χ0) is 17.8. The average molecular weight is 359 g/mol. The number of hydrogen-bond acceptors (Lipinski definition) is 6. The molecule has 3 N–H and O–H groups in total. The minimum atomic E-state index is -0.258. The molecule has 0 aliphatic carbocycles. The topological polar surface area (TPSA) is 98.8 Å². The van der Waals surface area contributed by atoms with Gasteiger partial charge in [-0.2, -0.15) is 0 Å². The van der Waals surface area contributed by atoms with Gasteiger partial charge in [-0.05, 0) is 18.1 Å². The molecule has 1 atom stereocenters. The van der Waals surface area contributed by atoms with Crippen molar-refractivity contribution in [3.05, 3.63) is 41.9 Å². The number of ether oxygens (including phenoxy) is 1. The van der Waals surface area contributed by atoms with Crippen molar-refractivity contribution in [3.8, 4) is 0 Å². The molecule has 0 aliphatic rings. The summed E-state index contributed by atoms with van der Waals surface area (Å²) in [4.78, 5) is 14.4. The van der Waals surface area contributed by atoms with Gasteiger partial charge in [-0.15, -0.1) is 10.2 Å². The van der Waals surface area contributed by atoms with E-state index in [-0.39, 0.29) is 12.0 Å². The first-order chi connectivity index (χ1) is 12.1. The third kappa shape index (κ3) is 3.85. The maximum absolute atomic E-state index is 11.2. The molecular weight excluding hydrogens is 338 g/mol. The van der Waals surface area contributed by atoms with Crippen LogP contribution < -0.4 is 5.73 Å². The second kappa shape index (κ2) is 7.71. The van der Waals surface area contributed by atoms with Gasteiger partial charge in [-0.25, -0.2) is 0 Å². The average Bonchev–Trinajstić information content (AvgIpc) is 3.19. The number of esters is 1. The Morgan fingerprint density at radius 2 is 2.20 bits per heavy atom. The first-order valence-electron chi connectivity index (χ1n) is 7.99. The summed E-state index contributed by atoms with van der Waals surface area (Å²) in [6, 6.07) is 7.89. The van der Waals surface area contributed by atoms with Crippen molar-refractivity contribution in [3.63, 3.8) is 0 Å². The van der Waals surface area contributed by atoms with Gasteiger partial charge in [-0.1, -0.05) is 30.0 Å². The molecule has 1 aromatic carbocycles. The van der Waals surface area contributed by atoms with Crippen molar-refractivity contribution >= 4 is 28.6 Å². The van der Waals surface area contributed by atoms with E-state index in [1.807, 2.05) is 36.0 Å². The normalized spacial score (nSPS) is 12.4. The fraction of sp³-hybridized carbons (Fsp3) is 0.353. The molecule has 0 radical (unpaired) electrons. The van der Waals surface area contributed by atoms with E-state index in [9.17, 15) is 4.79 Å². The molecule has 0 bridgehead atoms. The van der Waals surface area contributed by atoms with E-state index >= 15 is 0 Å². The number of fused-ring (bicyclic) bond motifs is 1. The Morgan fingerprint density at radius 1 is 1.40 bits per heavy atom. The number of aromatic nitrogens is 4. The van der Waals surface area contributed by atoms with Crippen LogP contribution in [-0.4, -0.2) is 38.6 Å². The highest BCUT2D eigenvalue weighted by Gasteiger charge is 2.18. The molecule has 0 spiro atoms. The fourth-order valence-corrected chi connectivity index (χ4v) is 3.57. The number of benzene rings is 1. The second-order valence-corrected chi connectivity index (χ2v) is 6.81. The number of carbonyl (C=O) groups excluding carboxylic acids is 1.